The summed E-state index contributed by atoms with van der Waals surface area (Å²) in [5.74, 6) is -3.71. The van der Waals surface area contributed by atoms with Crippen LogP contribution in [0.15, 0.2) is 22.3 Å². The molecule has 7 rings (SSSR count). The quantitative estimate of drug-likeness (QED) is 0.327. The maximum Gasteiger partial charge on any atom is 0.348 e. The van der Waals surface area contributed by atoms with Gasteiger partial charge in [-0.2, -0.15) is 0 Å². The third-order valence-electron chi connectivity index (χ3n) is 8.69. The fraction of sp³-hybridized carbons (Fsp3) is 0.652. The molecule has 2 aliphatic heterocycles. The molecule has 8 heteroatoms. The Hall–Kier alpha value is -2.64. The van der Waals surface area contributed by atoms with Gasteiger partial charge in [0, 0.05) is 27.7 Å². The van der Waals surface area contributed by atoms with Gasteiger partial charge < -0.3 is 18.9 Å². The third kappa shape index (κ3) is 1.86. The summed E-state index contributed by atoms with van der Waals surface area (Å²) in [6.07, 6.45) is 0.996. The maximum atomic E-state index is 12.8. The van der Waals surface area contributed by atoms with Crippen LogP contribution in [-0.2, 0) is 38.1 Å². The molecule has 7 aliphatic rings. The molecule has 5 aliphatic carbocycles. The summed E-state index contributed by atoms with van der Waals surface area (Å²) >= 11 is 0. The number of allylic oxidation sites excluding steroid dienone is 2. The maximum absolute atomic E-state index is 12.8. The van der Waals surface area contributed by atoms with E-state index in [-0.39, 0.29) is 34.8 Å². The van der Waals surface area contributed by atoms with Crippen LogP contribution in [0.1, 0.15) is 34.1 Å². The number of hydrogen-bond acceptors (Lipinski definition) is 8. The van der Waals surface area contributed by atoms with Crippen LogP contribution < -0.4 is 0 Å². The first kappa shape index (κ1) is 18.0. The molecule has 2 saturated heterocycles. The minimum absolute atomic E-state index is 0.0295. The van der Waals surface area contributed by atoms with Crippen molar-refractivity contribution in [2.45, 2.75) is 45.7 Å². The van der Waals surface area contributed by atoms with Crippen molar-refractivity contribution in [2.75, 3.05) is 0 Å². The number of fused-ring (bicyclic) bond motifs is 2. The molecule has 8 atom stereocenters. The number of carbonyl (C=O) groups is 4. The molecule has 2 heterocycles. The predicted molar refractivity (Wildman–Crippen MR) is 99.1 cm³/mol. The summed E-state index contributed by atoms with van der Waals surface area (Å²) in [5, 5.41) is 0. The van der Waals surface area contributed by atoms with Gasteiger partial charge in [0.05, 0.1) is 0 Å². The van der Waals surface area contributed by atoms with Gasteiger partial charge in [0.2, 0.25) is 0 Å². The molecule has 0 N–H and O–H groups in total. The average molecular weight is 426 g/mol. The number of carbonyl (C=O) groups excluding carboxylic acids is 4. The largest absolute Gasteiger partial charge is 0.419 e. The molecule has 0 amide bonds. The van der Waals surface area contributed by atoms with Crippen LogP contribution in [0, 0.1) is 47.3 Å². The monoisotopic (exact) mass is 426 g/mol. The molecule has 31 heavy (non-hydrogen) atoms. The Bertz CT molecular complexity index is 973. The fourth-order valence-electron chi connectivity index (χ4n) is 8.39. The van der Waals surface area contributed by atoms with Crippen molar-refractivity contribution in [1.29, 1.82) is 0 Å². The van der Waals surface area contributed by atoms with Crippen molar-refractivity contribution in [3.63, 3.8) is 0 Å². The first-order valence-electron chi connectivity index (χ1n) is 10.9. The number of cyclic esters (lactones) is 4. The third-order valence-corrected chi connectivity index (χ3v) is 8.69. The molecule has 5 saturated carbocycles. The van der Waals surface area contributed by atoms with E-state index >= 15 is 0 Å². The molecule has 162 valence electrons. The van der Waals surface area contributed by atoms with Crippen molar-refractivity contribution < 1.29 is 38.1 Å². The van der Waals surface area contributed by atoms with Crippen molar-refractivity contribution in [3.05, 3.63) is 22.3 Å². The van der Waals surface area contributed by atoms with E-state index in [9.17, 15) is 19.2 Å². The van der Waals surface area contributed by atoms with Gasteiger partial charge in [0.25, 0.3) is 11.6 Å². The van der Waals surface area contributed by atoms with Crippen molar-refractivity contribution in [1.82, 2.24) is 0 Å². The lowest BCUT2D eigenvalue weighted by atomic mass is 9.56. The lowest BCUT2D eigenvalue weighted by Crippen LogP contribution is -2.48. The van der Waals surface area contributed by atoms with Crippen LogP contribution in [0.2, 0.25) is 0 Å². The number of hydrogen-bond donors (Lipinski definition) is 0. The Morgan fingerprint density at radius 2 is 0.903 bits per heavy atom. The van der Waals surface area contributed by atoms with Crippen LogP contribution in [0.5, 0.6) is 0 Å². The van der Waals surface area contributed by atoms with E-state index in [4.69, 9.17) is 18.9 Å². The van der Waals surface area contributed by atoms with Crippen molar-refractivity contribution >= 4 is 23.9 Å². The molecular weight excluding hydrogens is 404 g/mol. The molecule has 0 unspecified atom stereocenters. The minimum Gasteiger partial charge on any atom is -0.419 e. The molecule has 0 aromatic rings. The number of ether oxygens (including phenoxy) is 4. The first-order valence-corrected chi connectivity index (χ1v) is 10.9. The van der Waals surface area contributed by atoms with Gasteiger partial charge in [-0.05, 0) is 64.9 Å². The van der Waals surface area contributed by atoms with Crippen LogP contribution in [0.25, 0.3) is 0 Å². The van der Waals surface area contributed by atoms with Gasteiger partial charge in [0.1, 0.15) is 11.1 Å². The van der Waals surface area contributed by atoms with E-state index in [1.807, 2.05) is 0 Å². The van der Waals surface area contributed by atoms with Gasteiger partial charge >= 0.3 is 23.9 Å². The molecule has 0 aromatic heterocycles. The van der Waals surface area contributed by atoms with E-state index in [1.54, 1.807) is 0 Å². The Balaban J connectivity index is 1.38. The van der Waals surface area contributed by atoms with Crippen LogP contribution >= 0.6 is 0 Å². The average Bonchev–Trinajstić information content (AvgIpc) is 3.11. The smallest absolute Gasteiger partial charge is 0.348 e. The zero-order valence-electron chi connectivity index (χ0n) is 17.6. The molecule has 8 nitrogen and oxygen atoms in total. The second kappa shape index (κ2) is 4.89. The minimum atomic E-state index is -1.28. The van der Waals surface area contributed by atoms with E-state index in [2.05, 4.69) is 0 Å². The highest BCUT2D eigenvalue weighted by Gasteiger charge is 2.82. The zero-order chi connectivity index (χ0) is 21.8. The van der Waals surface area contributed by atoms with E-state index in [0.717, 1.165) is 17.6 Å². The van der Waals surface area contributed by atoms with Gasteiger partial charge in [0.15, 0.2) is 0 Å². The summed E-state index contributed by atoms with van der Waals surface area (Å²) in [7, 11) is 0. The highest BCUT2D eigenvalue weighted by atomic mass is 16.7. The van der Waals surface area contributed by atoms with E-state index < -0.39 is 35.5 Å². The standard InChI is InChI=1S/C23H22O8/c1-22(2)28-18(24)16(19(25)29-22)14-10-6-5-7-9-8(6)12(14)13(9)15(11(7)10)17-20(26)30-23(3,4)31-21(17)27/h6-13H,5H2,1-4H3/t6-,7+,8-,9+,10-,11-,12+,13-/m0/s1. The van der Waals surface area contributed by atoms with Crippen LogP contribution in [0.4, 0.5) is 0 Å². The van der Waals surface area contributed by atoms with Crippen LogP contribution in [-0.4, -0.2) is 35.5 Å². The van der Waals surface area contributed by atoms with Gasteiger partial charge in [-0.25, -0.2) is 19.2 Å². The molecule has 7 fully saturated rings. The van der Waals surface area contributed by atoms with E-state index in [1.165, 1.54) is 27.7 Å². The summed E-state index contributed by atoms with van der Waals surface area (Å²) < 4.78 is 21.5. The second-order valence-electron chi connectivity index (χ2n) is 10.8. The topological polar surface area (TPSA) is 105 Å². The Morgan fingerprint density at radius 1 is 0.581 bits per heavy atom. The molecule has 0 spiro atoms. The Labute approximate surface area is 177 Å². The predicted octanol–water partition coefficient (Wildman–Crippen LogP) is 1.64. The molecule has 0 radical (unpaired) electrons. The highest BCUT2D eigenvalue weighted by Crippen LogP contribution is 2.86. The van der Waals surface area contributed by atoms with Crippen molar-refractivity contribution in [2.24, 2.45) is 47.3 Å². The Kier molecular flexibility index (Phi) is 2.84. The summed E-state index contributed by atoms with van der Waals surface area (Å²) in [6, 6.07) is 0. The van der Waals surface area contributed by atoms with Gasteiger partial charge in [-0.3, -0.25) is 0 Å². The molecular formula is C23H22O8. The fourth-order valence-corrected chi connectivity index (χ4v) is 8.39. The van der Waals surface area contributed by atoms with Gasteiger partial charge in [-0.1, -0.05) is 0 Å². The summed E-state index contributed by atoms with van der Waals surface area (Å²) in [4.78, 5) is 51.3. The first-order chi connectivity index (χ1) is 14.5. The van der Waals surface area contributed by atoms with Crippen LogP contribution in [0.3, 0.4) is 0 Å². The lowest BCUT2D eigenvalue weighted by molar-refractivity contribution is -0.225. The number of esters is 4. The second-order valence-corrected chi connectivity index (χ2v) is 10.8. The molecule has 0 aromatic carbocycles. The zero-order valence-corrected chi connectivity index (χ0v) is 17.6. The van der Waals surface area contributed by atoms with Crippen molar-refractivity contribution in [3.8, 4) is 0 Å². The number of rotatable bonds is 0. The highest BCUT2D eigenvalue weighted by molar-refractivity contribution is 6.17. The Morgan fingerprint density at radius 3 is 1.23 bits per heavy atom. The molecule has 2 bridgehead atoms. The summed E-state index contributed by atoms with van der Waals surface area (Å²) in [5.41, 5.74) is 1.76. The SMILES string of the molecule is CC1(C)OC(=O)C(=C2[C@@H]3[C@@H]4C(=C5C(=O)OC(C)(C)OC5=O)[C@H]5[C@H]6C[C@@H]([C@H]25)[C@@H]3[C@H]64)C(=O)O1. The van der Waals surface area contributed by atoms with E-state index in [0.29, 0.717) is 23.7 Å². The lowest BCUT2D eigenvalue weighted by Gasteiger charge is -2.47. The normalized spacial score (nSPS) is 46.8. The van der Waals surface area contributed by atoms with Gasteiger partial charge in [-0.15, -0.1) is 0 Å². The summed E-state index contributed by atoms with van der Waals surface area (Å²) in [6.45, 7) is 6.15.